The van der Waals surface area contributed by atoms with Crippen LogP contribution in [0.5, 0.6) is 0 Å². The molecule has 0 N–H and O–H groups in total. The molecule has 4 rings (SSSR count). The minimum atomic E-state index is -1.60. The fraction of sp³-hybridized carbons (Fsp3) is 0.435. The van der Waals surface area contributed by atoms with E-state index in [9.17, 15) is 4.79 Å². The second-order valence-electron chi connectivity index (χ2n) is 8.22. The van der Waals surface area contributed by atoms with E-state index in [1.165, 1.54) is 11.1 Å². The van der Waals surface area contributed by atoms with Gasteiger partial charge < -0.3 is 9.64 Å². The third-order valence-electron chi connectivity index (χ3n) is 5.81. The van der Waals surface area contributed by atoms with Crippen LogP contribution in [-0.2, 0) is 17.8 Å². The zero-order valence-electron chi connectivity index (χ0n) is 17.2. The molecule has 2 saturated heterocycles. The Labute approximate surface area is 198 Å². The van der Waals surface area contributed by atoms with Crippen molar-refractivity contribution in [2.75, 3.05) is 32.8 Å². The topological polar surface area (TPSA) is 36.0 Å². The molecule has 2 fully saturated rings. The average Bonchev–Trinajstić information content (AvgIpc) is 2.73. The van der Waals surface area contributed by atoms with Gasteiger partial charge in [-0.05, 0) is 11.1 Å². The van der Waals surface area contributed by atoms with Crippen molar-refractivity contribution in [3.8, 4) is 0 Å². The lowest BCUT2D eigenvalue weighted by molar-refractivity contribution is -0.0490. The highest BCUT2D eigenvalue weighted by Gasteiger charge is 2.42. The lowest BCUT2D eigenvalue weighted by Crippen LogP contribution is -2.68. The van der Waals surface area contributed by atoms with Crippen LogP contribution >= 0.6 is 34.8 Å². The molecule has 2 aliphatic rings. The van der Waals surface area contributed by atoms with E-state index < -0.39 is 9.89 Å². The molecule has 0 aromatic heterocycles. The molecule has 0 aliphatic carbocycles. The summed E-state index contributed by atoms with van der Waals surface area (Å²) >= 11 is 17.2. The van der Waals surface area contributed by atoms with Gasteiger partial charge in [0.2, 0.25) is 3.79 Å². The number of carbonyl (C=O) groups is 1. The number of fused-ring (bicyclic) bond motifs is 2. The van der Waals surface area contributed by atoms with Crippen LogP contribution in [-0.4, -0.2) is 69.5 Å². The molecule has 2 atom stereocenters. The SMILES string of the molecule is O=C(OCC(Cl)(Cl)Cl)N1CC2CN(Cc3ccccc3)CC(C1)N2Cc1ccccc1. The fourth-order valence-corrected chi connectivity index (χ4v) is 4.66. The van der Waals surface area contributed by atoms with Gasteiger partial charge in [-0.2, -0.15) is 0 Å². The van der Waals surface area contributed by atoms with Gasteiger partial charge in [0, 0.05) is 51.4 Å². The molecule has 0 radical (unpaired) electrons. The molecule has 2 aromatic rings. The number of carbonyl (C=O) groups excluding carboxylic acids is 1. The van der Waals surface area contributed by atoms with Gasteiger partial charge in [0.1, 0.15) is 6.61 Å². The second kappa shape index (κ2) is 9.97. The van der Waals surface area contributed by atoms with E-state index >= 15 is 0 Å². The smallest absolute Gasteiger partial charge is 0.410 e. The van der Waals surface area contributed by atoms with Gasteiger partial charge in [0.25, 0.3) is 0 Å². The average molecular weight is 483 g/mol. The molecular formula is C23H26Cl3N3O2. The van der Waals surface area contributed by atoms with E-state index in [1.807, 2.05) is 12.1 Å². The summed E-state index contributed by atoms with van der Waals surface area (Å²) in [5.74, 6) is 0. The van der Waals surface area contributed by atoms with E-state index in [0.717, 1.165) is 26.2 Å². The Hall–Kier alpha value is -1.50. The summed E-state index contributed by atoms with van der Waals surface area (Å²) in [6, 6.07) is 21.4. The van der Waals surface area contributed by atoms with Crippen molar-refractivity contribution in [1.82, 2.24) is 14.7 Å². The first-order valence-corrected chi connectivity index (χ1v) is 11.6. The molecule has 0 spiro atoms. The number of halogens is 3. The first-order valence-electron chi connectivity index (χ1n) is 10.4. The normalized spacial score (nSPS) is 22.4. The predicted octanol–water partition coefficient (Wildman–Crippen LogP) is 4.56. The first kappa shape index (κ1) is 22.7. The number of nitrogens with zero attached hydrogens (tertiary/aromatic N) is 3. The molecule has 5 nitrogen and oxygen atoms in total. The minimum Gasteiger partial charge on any atom is -0.445 e. The van der Waals surface area contributed by atoms with E-state index in [-0.39, 0.29) is 18.7 Å². The summed E-state index contributed by atoms with van der Waals surface area (Å²) in [6.07, 6.45) is -0.419. The zero-order chi connectivity index (χ0) is 21.8. The second-order valence-corrected chi connectivity index (χ2v) is 10.7. The largest absolute Gasteiger partial charge is 0.445 e. The van der Waals surface area contributed by atoms with Crippen molar-refractivity contribution in [3.05, 3.63) is 71.8 Å². The Morgan fingerprint density at radius 1 is 0.839 bits per heavy atom. The minimum absolute atomic E-state index is 0.205. The summed E-state index contributed by atoms with van der Waals surface area (Å²) in [4.78, 5) is 19.4. The number of piperazine rings is 2. The maximum Gasteiger partial charge on any atom is 0.410 e. The monoisotopic (exact) mass is 481 g/mol. The van der Waals surface area contributed by atoms with E-state index in [2.05, 4.69) is 58.3 Å². The van der Waals surface area contributed by atoms with Gasteiger partial charge >= 0.3 is 6.09 Å². The van der Waals surface area contributed by atoms with Crippen LogP contribution in [0, 0.1) is 0 Å². The van der Waals surface area contributed by atoms with Crippen molar-refractivity contribution < 1.29 is 9.53 Å². The maximum absolute atomic E-state index is 12.6. The summed E-state index contributed by atoms with van der Waals surface area (Å²) < 4.78 is 3.64. The third-order valence-corrected chi connectivity index (χ3v) is 6.14. The van der Waals surface area contributed by atoms with Crippen molar-refractivity contribution in [3.63, 3.8) is 0 Å². The van der Waals surface area contributed by atoms with E-state index in [1.54, 1.807) is 4.90 Å². The fourth-order valence-electron chi connectivity index (χ4n) is 4.49. The molecule has 2 bridgehead atoms. The number of hydrogen-bond acceptors (Lipinski definition) is 4. The van der Waals surface area contributed by atoms with E-state index in [0.29, 0.717) is 13.1 Å². The highest BCUT2D eigenvalue weighted by atomic mass is 35.6. The van der Waals surface area contributed by atoms with Crippen LogP contribution < -0.4 is 0 Å². The number of amides is 1. The molecule has 2 aliphatic heterocycles. The summed E-state index contributed by atoms with van der Waals surface area (Å²) in [7, 11) is 0. The Morgan fingerprint density at radius 3 is 1.87 bits per heavy atom. The van der Waals surface area contributed by atoms with Crippen LogP contribution in [0.1, 0.15) is 11.1 Å². The lowest BCUT2D eigenvalue weighted by Gasteiger charge is -2.53. The highest BCUT2D eigenvalue weighted by Crippen LogP contribution is 2.29. The van der Waals surface area contributed by atoms with Gasteiger partial charge in [-0.3, -0.25) is 9.80 Å². The molecule has 31 heavy (non-hydrogen) atoms. The third kappa shape index (κ3) is 6.27. The number of alkyl halides is 3. The Morgan fingerprint density at radius 2 is 1.35 bits per heavy atom. The van der Waals surface area contributed by atoms with Crippen molar-refractivity contribution >= 4 is 40.9 Å². The Kier molecular flexibility index (Phi) is 7.29. The molecule has 166 valence electrons. The van der Waals surface area contributed by atoms with Gasteiger partial charge in [-0.15, -0.1) is 0 Å². The summed E-state index contributed by atoms with van der Waals surface area (Å²) in [5, 5.41) is 0. The number of hydrogen-bond donors (Lipinski definition) is 0. The summed E-state index contributed by atoms with van der Waals surface area (Å²) in [6.45, 7) is 4.47. The molecule has 8 heteroatoms. The van der Waals surface area contributed by atoms with Gasteiger partial charge in [-0.25, -0.2) is 4.79 Å². The van der Waals surface area contributed by atoms with Crippen LogP contribution in [0.25, 0.3) is 0 Å². The molecule has 0 saturated carbocycles. The van der Waals surface area contributed by atoms with Crippen molar-refractivity contribution in [1.29, 1.82) is 0 Å². The van der Waals surface area contributed by atoms with Gasteiger partial charge in [0.15, 0.2) is 0 Å². The predicted molar refractivity (Wildman–Crippen MR) is 124 cm³/mol. The Balaban J connectivity index is 1.46. The number of ether oxygens (including phenoxy) is 1. The molecule has 1 amide bonds. The van der Waals surface area contributed by atoms with Crippen molar-refractivity contribution in [2.24, 2.45) is 0 Å². The molecule has 2 unspecified atom stereocenters. The molecule has 2 aromatic carbocycles. The molecular weight excluding hydrogens is 457 g/mol. The van der Waals surface area contributed by atoms with E-state index in [4.69, 9.17) is 39.5 Å². The van der Waals surface area contributed by atoms with Crippen LogP contribution in [0.4, 0.5) is 4.79 Å². The lowest BCUT2D eigenvalue weighted by atomic mass is 9.98. The van der Waals surface area contributed by atoms with Crippen LogP contribution in [0.15, 0.2) is 60.7 Å². The highest BCUT2D eigenvalue weighted by molar-refractivity contribution is 6.67. The Bertz CT molecular complexity index is 847. The van der Waals surface area contributed by atoms with Crippen LogP contribution in [0.2, 0.25) is 0 Å². The standard InChI is InChI=1S/C23H26Cl3N3O2/c24-23(25,26)17-31-22(30)28-15-20-13-27(11-18-7-3-1-4-8-18)14-21(16-28)29(20)12-19-9-5-2-6-10-19/h1-10,20-21H,11-17H2. The first-order chi connectivity index (χ1) is 14.9. The van der Waals surface area contributed by atoms with Gasteiger partial charge in [0.05, 0.1) is 0 Å². The number of rotatable bonds is 5. The van der Waals surface area contributed by atoms with Crippen molar-refractivity contribution in [2.45, 2.75) is 29.0 Å². The summed E-state index contributed by atoms with van der Waals surface area (Å²) in [5.41, 5.74) is 2.58. The maximum atomic E-state index is 12.6. The zero-order valence-corrected chi connectivity index (χ0v) is 19.4. The molecule has 2 heterocycles. The quantitative estimate of drug-likeness (QED) is 0.585. The van der Waals surface area contributed by atoms with Gasteiger partial charge in [-0.1, -0.05) is 95.5 Å². The van der Waals surface area contributed by atoms with Crippen LogP contribution in [0.3, 0.4) is 0 Å². The number of benzene rings is 2.